The van der Waals surface area contributed by atoms with Crippen molar-refractivity contribution >= 4 is 46.9 Å². The van der Waals surface area contributed by atoms with Crippen LogP contribution in [0.4, 0.5) is 5.69 Å². The van der Waals surface area contributed by atoms with Crippen LogP contribution in [0.3, 0.4) is 0 Å². The van der Waals surface area contributed by atoms with Crippen LogP contribution in [0.2, 0.25) is 5.02 Å². The highest BCUT2D eigenvalue weighted by molar-refractivity contribution is 8.04. The van der Waals surface area contributed by atoms with Crippen LogP contribution in [0.1, 0.15) is 25.8 Å². The van der Waals surface area contributed by atoms with Crippen LogP contribution < -0.4 is 10.2 Å². The van der Waals surface area contributed by atoms with Crippen LogP contribution in [0, 0.1) is 0 Å². The molecule has 0 atom stereocenters. The molecule has 164 valence electrons. The monoisotopic (exact) mass is 457 g/mol. The summed E-state index contributed by atoms with van der Waals surface area (Å²) in [5, 5.41) is 3.60. The maximum Gasteiger partial charge on any atom is 0.265 e. The lowest BCUT2D eigenvalue weighted by molar-refractivity contribution is -0.122. The van der Waals surface area contributed by atoms with Crippen molar-refractivity contribution in [2.24, 2.45) is 0 Å². The lowest BCUT2D eigenvalue weighted by Crippen LogP contribution is -2.43. The fourth-order valence-corrected chi connectivity index (χ4v) is 4.58. The molecule has 2 aromatic carbocycles. The standard InChI is InChI=1S/C24H28ClN3O2S/c1-3-27(4-2)15-7-14-26-23(29)17-28-20-8-5-6-9-21(20)31-22(24(28)30)16-18-10-12-19(25)13-11-18/h5-6,8-13,16H,3-4,7,14-15,17H2,1-2H3,(H,26,29). The van der Waals surface area contributed by atoms with Crippen molar-refractivity contribution in [1.29, 1.82) is 0 Å². The van der Waals surface area contributed by atoms with Crippen molar-refractivity contribution in [3.8, 4) is 0 Å². The number of nitrogens with one attached hydrogen (secondary N) is 1. The zero-order valence-electron chi connectivity index (χ0n) is 17.9. The smallest absolute Gasteiger partial charge is 0.265 e. The highest BCUT2D eigenvalue weighted by atomic mass is 35.5. The lowest BCUT2D eigenvalue weighted by Gasteiger charge is -2.30. The van der Waals surface area contributed by atoms with E-state index in [0.717, 1.165) is 42.2 Å². The third-order valence-electron chi connectivity index (χ3n) is 5.17. The molecular weight excluding hydrogens is 430 g/mol. The molecule has 2 aromatic rings. The predicted octanol–water partition coefficient (Wildman–Crippen LogP) is 4.67. The Morgan fingerprint density at radius 1 is 1.13 bits per heavy atom. The zero-order valence-corrected chi connectivity index (χ0v) is 19.5. The number of carbonyl (C=O) groups is 2. The molecule has 0 unspecified atom stereocenters. The van der Waals surface area contributed by atoms with Crippen molar-refractivity contribution < 1.29 is 9.59 Å². The van der Waals surface area contributed by atoms with Gasteiger partial charge < -0.3 is 10.2 Å². The third-order valence-corrected chi connectivity index (χ3v) is 6.50. The van der Waals surface area contributed by atoms with E-state index in [0.29, 0.717) is 16.5 Å². The van der Waals surface area contributed by atoms with Gasteiger partial charge in [0.1, 0.15) is 6.54 Å². The van der Waals surface area contributed by atoms with Gasteiger partial charge in [0.2, 0.25) is 5.91 Å². The summed E-state index contributed by atoms with van der Waals surface area (Å²) < 4.78 is 0. The lowest BCUT2D eigenvalue weighted by atomic mass is 10.2. The first-order chi connectivity index (χ1) is 15.0. The minimum atomic E-state index is -0.169. The summed E-state index contributed by atoms with van der Waals surface area (Å²) in [6.07, 6.45) is 2.73. The molecule has 31 heavy (non-hydrogen) atoms. The Morgan fingerprint density at radius 2 is 1.84 bits per heavy atom. The summed E-state index contributed by atoms with van der Waals surface area (Å²) >= 11 is 7.39. The highest BCUT2D eigenvalue weighted by Gasteiger charge is 2.30. The second-order valence-electron chi connectivity index (χ2n) is 7.25. The van der Waals surface area contributed by atoms with E-state index in [1.165, 1.54) is 11.8 Å². The number of para-hydroxylation sites is 1. The first kappa shape index (κ1) is 23.4. The van der Waals surface area contributed by atoms with Gasteiger partial charge in [-0.3, -0.25) is 14.5 Å². The Bertz CT molecular complexity index is 942. The zero-order chi connectivity index (χ0) is 22.2. The van der Waals surface area contributed by atoms with Crippen LogP contribution in [-0.2, 0) is 9.59 Å². The minimum absolute atomic E-state index is 0.000363. The predicted molar refractivity (Wildman–Crippen MR) is 129 cm³/mol. The number of hydrogen-bond donors (Lipinski definition) is 1. The number of fused-ring (bicyclic) bond motifs is 1. The second-order valence-corrected chi connectivity index (χ2v) is 8.77. The molecule has 0 bridgehead atoms. The van der Waals surface area contributed by atoms with Crippen LogP contribution in [0.15, 0.2) is 58.3 Å². The largest absolute Gasteiger partial charge is 0.355 e. The molecule has 7 heteroatoms. The molecule has 0 aliphatic carbocycles. The number of anilines is 1. The van der Waals surface area contributed by atoms with Gasteiger partial charge in [0.25, 0.3) is 5.91 Å². The van der Waals surface area contributed by atoms with Gasteiger partial charge in [-0.25, -0.2) is 0 Å². The molecule has 1 heterocycles. The topological polar surface area (TPSA) is 52.7 Å². The molecule has 0 saturated heterocycles. The van der Waals surface area contributed by atoms with Crippen LogP contribution in [0.5, 0.6) is 0 Å². The van der Waals surface area contributed by atoms with E-state index >= 15 is 0 Å². The fourth-order valence-electron chi connectivity index (χ4n) is 3.40. The Kier molecular flexibility index (Phi) is 8.58. The molecule has 1 aliphatic heterocycles. The van der Waals surface area contributed by atoms with Gasteiger partial charge in [0.05, 0.1) is 10.6 Å². The number of rotatable bonds is 9. The molecule has 1 aliphatic rings. The number of carbonyl (C=O) groups excluding carboxylic acids is 2. The van der Waals surface area contributed by atoms with Gasteiger partial charge in [-0.2, -0.15) is 0 Å². The van der Waals surface area contributed by atoms with E-state index in [-0.39, 0.29) is 18.4 Å². The fraction of sp³-hybridized carbons (Fsp3) is 0.333. The number of amides is 2. The van der Waals surface area contributed by atoms with Gasteiger partial charge in [-0.15, -0.1) is 0 Å². The van der Waals surface area contributed by atoms with Crippen molar-refractivity contribution in [2.75, 3.05) is 37.6 Å². The van der Waals surface area contributed by atoms with Gasteiger partial charge in [-0.1, -0.05) is 61.5 Å². The summed E-state index contributed by atoms with van der Waals surface area (Å²) in [7, 11) is 0. The van der Waals surface area contributed by atoms with Crippen LogP contribution in [0.25, 0.3) is 6.08 Å². The Morgan fingerprint density at radius 3 is 2.55 bits per heavy atom. The molecule has 0 spiro atoms. The third kappa shape index (κ3) is 6.35. The molecule has 0 aromatic heterocycles. The van der Waals surface area contributed by atoms with Crippen molar-refractivity contribution in [1.82, 2.24) is 10.2 Å². The van der Waals surface area contributed by atoms with Gasteiger partial charge in [0, 0.05) is 16.5 Å². The first-order valence-corrected chi connectivity index (χ1v) is 11.8. The van der Waals surface area contributed by atoms with Gasteiger partial charge in [0.15, 0.2) is 0 Å². The summed E-state index contributed by atoms with van der Waals surface area (Å²) in [5.41, 5.74) is 1.66. The van der Waals surface area contributed by atoms with Crippen molar-refractivity contribution in [3.63, 3.8) is 0 Å². The summed E-state index contributed by atoms with van der Waals surface area (Å²) in [6, 6.07) is 15.0. The number of nitrogens with zero attached hydrogens (tertiary/aromatic N) is 2. The van der Waals surface area contributed by atoms with E-state index in [1.807, 2.05) is 42.5 Å². The van der Waals surface area contributed by atoms with Crippen LogP contribution in [-0.4, -0.2) is 49.4 Å². The maximum atomic E-state index is 13.2. The normalized spacial score (nSPS) is 14.8. The van der Waals surface area contributed by atoms with E-state index in [1.54, 1.807) is 17.0 Å². The average molecular weight is 458 g/mol. The maximum absolute atomic E-state index is 13.2. The number of hydrogen-bond acceptors (Lipinski definition) is 4. The highest BCUT2D eigenvalue weighted by Crippen LogP contribution is 2.41. The van der Waals surface area contributed by atoms with Crippen LogP contribution >= 0.6 is 23.4 Å². The summed E-state index contributed by atoms with van der Waals surface area (Å²) in [6.45, 7) is 7.82. The Balaban J connectivity index is 1.70. The molecule has 0 radical (unpaired) electrons. The Hall–Kier alpha value is -2.28. The van der Waals surface area contributed by atoms with E-state index in [2.05, 4.69) is 24.1 Å². The summed E-state index contributed by atoms with van der Waals surface area (Å²) in [4.78, 5) is 31.2. The number of halogens is 1. The Labute approximate surface area is 193 Å². The number of benzene rings is 2. The first-order valence-electron chi connectivity index (χ1n) is 10.6. The molecule has 2 amide bonds. The SMILES string of the molecule is CCN(CC)CCCNC(=O)CN1C(=O)C(=Cc2ccc(Cl)cc2)Sc2ccccc21. The summed E-state index contributed by atoms with van der Waals surface area (Å²) in [5.74, 6) is -0.322. The van der Waals surface area contributed by atoms with Crippen molar-refractivity contribution in [2.45, 2.75) is 25.2 Å². The molecule has 1 N–H and O–H groups in total. The quantitative estimate of drug-likeness (QED) is 0.439. The molecule has 0 fully saturated rings. The second kappa shape index (κ2) is 11.4. The molecule has 5 nitrogen and oxygen atoms in total. The van der Waals surface area contributed by atoms with Crippen molar-refractivity contribution in [3.05, 3.63) is 64.0 Å². The minimum Gasteiger partial charge on any atom is -0.355 e. The van der Waals surface area contributed by atoms with Gasteiger partial charge >= 0.3 is 0 Å². The molecule has 0 saturated carbocycles. The molecular formula is C24H28ClN3O2S. The van der Waals surface area contributed by atoms with E-state index in [9.17, 15) is 9.59 Å². The number of thioether (sulfide) groups is 1. The molecule has 3 rings (SSSR count). The van der Waals surface area contributed by atoms with Gasteiger partial charge in [-0.05, 0) is 62.0 Å². The van der Waals surface area contributed by atoms with E-state index < -0.39 is 0 Å². The average Bonchev–Trinajstić information content (AvgIpc) is 2.78. The van der Waals surface area contributed by atoms with E-state index in [4.69, 9.17) is 11.6 Å².